The van der Waals surface area contributed by atoms with Gasteiger partial charge in [0.1, 0.15) is 0 Å². The van der Waals surface area contributed by atoms with Gasteiger partial charge < -0.3 is 10.2 Å². The quantitative estimate of drug-likeness (QED) is 0.869. The number of rotatable bonds is 2. The van der Waals surface area contributed by atoms with Gasteiger partial charge in [-0.15, -0.1) is 0 Å². The van der Waals surface area contributed by atoms with E-state index in [9.17, 15) is 4.79 Å². The summed E-state index contributed by atoms with van der Waals surface area (Å²) >= 11 is 0. The molecule has 0 bridgehead atoms. The van der Waals surface area contributed by atoms with Crippen LogP contribution in [0.25, 0.3) is 0 Å². The van der Waals surface area contributed by atoms with Gasteiger partial charge in [0.05, 0.1) is 0 Å². The van der Waals surface area contributed by atoms with Crippen LogP contribution >= 0.6 is 0 Å². The summed E-state index contributed by atoms with van der Waals surface area (Å²) in [4.78, 5) is 14.5. The Morgan fingerprint density at radius 1 is 0.955 bits per heavy atom. The third-order valence-electron chi connectivity index (χ3n) is 4.25. The zero-order chi connectivity index (χ0) is 15.2. The summed E-state index contributed by atoms with van der Waals surface area (Å²) in [5.74, 6) is 0.435. The molecule has 1 N–H and O–H groups in total. The lowest BCUT2D eigenvalue weighted by Crippen LogP contribution is -2.37. The van der Waals surface area contributed by atoms with Gasteiger partial charge in [-0.1, -0.05) is 55.0 Å². The van der Waals surface area contributed by atoms with Crippen LogP contribution in [0.1, 0.15) is 30.7 Å². The van der Waals surface area contributed by atoms with Crippen LogP contribution in [-0.4, -0.2) is 24.0 Å². The van der Waals surface area contributed by atoms with Crippen molar-refractivity contribution in [2.45, 2.75) is 25.2 Å². The van der Waals surface area contributed by atoms with Crippen LogP contribution in [0, 0.1) is 0 Å². The van der Waals surface area contributed by atoms with E-state index in [1.165, 1.54) is 12.0 Å². The number of urea groups is 1. The molecule has 22 heavy (non-hydrogen) atoms. The summed E-state index contributed by atoms with van der Waals surface area (Å²) in [7, 11) is 0. The Morgan fingerprint density at radius 3 is 2.36 bits per heavy atom. The van der Waals surface area contributed by atoms with E-state index in [2.05, 4.69) is 29.6 Å². The second-order valence-electron chi connectivity index (χ2n) is 5.85. The van der Waals surface area contributed by atoms with Crippen molar-refractivity contribution in [2.24, 2.45) is 0 Å². The molecule has 0 aliphatic carbocycles. The topological polar surface area (TPSA) is 32.3 Å². The normalized spacial score (nSPS) is 18.5. The lowest BCUT2D eigenvalue weighted by Gasteiger charge is -2.25. The monoisotopic (exact) mass is 294 g/mol. The van der Waals surface area contributed by atoms with Crippen LogP contribution in [-0.2, 0) is 0 Å². The predicted octanol–water partition coefficient (Wildman–Crippen LogP) is 4.49. The first-order valence-corrected chi connectivity index (χ1v) is 7.99. The van der Waals surface area contributed by atoms with E-state index in [0.29, 0.717) is 5.92 Å². The summed E-state index contributed by atoms with van der Waals surface area (Å²) in [5.41, 5.74) is 2.19. The second kappa shape index (κ2) is 7.12. The van der Waals surface area contributed by atoms with Crippen LogP contribution in [0.3, 0.4) is 0 Å². The highest BCUT2D eigenvalue weighted by molar-refractivity contribution is 5.89. The third-order valence-corrected chi connectivity index (χ3v) is 4.25. The Kier molecular flexibility index (Phi) is 4.74. The van der Waals surface area contributed by atoms with Crippen LogP contribution in [0.5, 0.6) is 0 Å². The fourth-order valence-electron chi connectivity index (χ4n) is 3.05. The number of para-hydroxylation sites is 1. The highest BCUT2D eigenvalue weighted by Gasteiger charge is 2.23. The molecule has 0 aromatic heterocycles. The van der Waals surface area contributed by atoms with E-state index in [1.54, 1.807) is 0 Å². The average molecular weight is 294 g/mol. The first-order valence-electron chi connectivity index (χ1n) is 7.99. The maximum atomic E-state index is 12.5. The van der Waals surface area contributed by atoms with Crippen molar-refractivity contribution in [1.29, 1.82) is 0 Å². The molecule has 1 heterocycles. The number of likely N-dealkylation sites (tertiary alicyclic amines) is 1. The summed E-state index contributed by atoms with van der Waals surface area (Å²) in [6.07, 6.45) is 3.40. The largest absolute Gasteiger partial charge is 0.324 e. The predicted molar refractivity (Wildman–Crippen MR) is 90.1 cm³/mol. The standard InChI is InChI=1S/C19H22N2O/c22-19(20-18-12-5-2-6-13-18)21-14-8-7-11-17(15-21)16-9-3-1-4-10-16/h1-6,9-10,12-13,17H,7-8,11,14-15H2,(H,20,22). The molecule has 2 aromatic carbocycles. The zero-order valence-electron chi connectivity index (χ0n) is 12.7. The fraction of sp³-hybridized carbons (Fsp3) is 0.316. The Bertz CT molecular complexity index is 597. The van der Waals surface area contributed by atoms with Crippen molar-refractivity contribution in [1.82, 2.24) is 4.90 Å². The van der Waals surface area contributed by atoms with E-state index in [0.717, 1.165) is 31.6 Å². The number of anilines is 1. The van der Waals surface area contributed by atoms with Gasteiger partial charge in [-0.25, -0.2) is 4.79 Å². The van der Waals surface area contributed by atoms with Gasteiger partial charge in [0, 0.05) is 24.7 Å². The molecule has 2 aromatic rings. The van der Waals surface area contributed by atoms with Crippen LogP contribution in [0.15, 0.2) is 60.7 Å². The molecule has 3 heteroatoms. The van der Waals surface area contributed by atoms with Crippen molar-refractivity contribution in [2.75, 3.05) is 18.4 Å². The highest BCUT2D eigenvalue weighted by Crippen LogP contribution is 2.26. The maximum absolute atomic E-state index is 12.5. The third kappa shape index (κ3) is 3.67. The smallest absolute Gasteiger partial charge is 0.321 e. The number of carbonyl (C=O) groups excluding carboxylic acids is 1. The van der Waals surface area contributed by atoms with E-state index in [-0.39, 0.29) is 6.03 Å². The summed E-state index contributed by atoms with van der Waals surface area (Å²) < 4.78 is 0. The molecule has 0 radical (unpaired) electrons. The Morgan fingerprint density at radius 2 is 1.64 bits per heavy atom. The molecule has 1 aliphatic heterocycles. The molecule has 3 nitrogen and oxygen atoms in total. The van der Waals surface area contributed by atoms with Gasteiger partial charge in [-0.3, -0.25) is 0 Å². The van der Waals surface area contributed by atoms with Crippen LogP contribution < -0.4 is 5.32 Å². The molecule has 3 rings (SSSR count). The maximum Gasteiger partial charge on any atom is 0.321 e. The van der Waals surface area contributed by atoms with Gasteiger partial charge in [-0.2, -0.15) is 0 Å². The number of amides is 2. The van der Waals surface area contributed by atoms with Gasteiger partial charge >= 0.3 is 6.03 Å². The first-order chi connectivity index (χ1) is 10.8. The van der Waals surface area contributed by atoms with Gasteiger partial charge in [0.25, 0.3) is 0 Å². The number of carbonyl (C=O) groups is 1. The first kappa shape index (κ1) is 14.6. The Balaban J connectivity index is 1.68. The number of hydrogen-bond donors (Lipinski definition) is 1. The lowest BCUT2D eigenvalue weighted by molar-refractivity contribution is 0.211. The Hall–Kier alpha value is -2.29. The molecule has 1 fully saturated rings. The SMILES string of the molecule is O=C(Nc1ccccc1)N1CCCCC(c2ccccc2)C1. The minimum atomic E-state index is 0.00836. The van der Waals surface area contributed by atoms with E-state index in [1.807, 2.05) is 41.3 Å². The second-order valence-corrected chi connectivity index (χ2v) is 5.85. The molecule has 1 unspecified atom stereocenters. The molecule has 0 saturated carbocycles. The van der Waals surface area contributed by atoms with Crippen molar-refractivity contribution < 1.29 is 4.79 Å². The van der Waals surface area contributed by atoms with Gasteiger partial charge in [0.2, 0.25) is 0 Å². The zero-order valence-corrected chi connectivity index (χ0v) is 12.7. The molecule has 114 valence electrons. The fourth-order valence-corrected chi connectivity index (χ4v) is 3.05. The molecular formula is C19H22N2O. The summed E-state index contributed by atoms with van der Waals surface area (Å²) in [5, 5.41) is 3.00. The number of hydrogen-bond acceptors (Lipinski definition) is 1. The summed E-state index contributed by atoms with van der Waals surface area (Å²) in [6.45, 7) is 1.63. The Labute approximate surface area is 132 Å². The molecule has 0 spiro atoms. The van der Waals surface area contributed by atoms with Gasteiger partial charge in [-0.05, 0) is 30.5 Å². The van der Waals surface area contributed by atoms with Crippen molar-refractivity contribution >= 4 is 11.7 Å². The van der Waals surface area contributed by atoms with Crippen molar-refractivity contribution in [3.05, 3.63) is 66.2 Å². The average Bonchev–Trinajstić information content (AvgIpc) is 2.83. The highest BCUT2D eigenvalue weighted by atomic mass is 16.2. The number of nitrogens with one attached hydrogen (secondary N) is 1. The van der Waals surface area contributed by atoms with E-state index >= 15 is 0 Å². The van der Waals surface area contributed by atoms with E-state index in [4.69, 9.17) is 0 Å². The lowest BCUT2D eigenvalue weighted by atomic mass is 9.94. The summed E-state index contributed by atoms with van der Waals surface area (Å²) in [6, 6.07) is 20.2. The molecule has 1 atom stereocenters. The molecule has 1 aliphatic rings. The molecule has 1 saturated heterocycles. The minimum Gasteiger partial charge on any atom is -0.324 e. The van der Waals surface area contributed by atoms with Crippen LogP contribution in [0.2, 0.25) is 0 Å². The molecular weight excluding hydrogens is 272 g/mol. The number of benzene rings is 2. The minimum absolute atomic E-state index is 0.00836. The molecule has 2 amide bonds. The van der Waals surface area contributed by atoms with Crippen molar-refractivity contribution in [3.8, 4) is 0 Å². The van der Waals surface area contributed by atoms with Crippen LogP contribution in [0.4, 0.5) is 10.5 Å². The van der Waals surface area contributed by atoms with Gasteiger partial charge in [0.15, 0.2) is 0 Å². The van der Waals surface area contributed by atoms with E-state index < -0.39 is 0 Å². The van der Waals surface area contributed by atoms with Crippen molar-refractivity contribution in [3.63, 3.8) is 0 Å². The number of nitrogens with zero attached hydrogens (tertiary/aromatic N) is 1.